The number of hydrogen-bond acceptors (Lipinski definition) is 6. The molecule has 1 amide bonds. The number of benzene rings is 1. The van der Waals surface area contributed by atoms with E-state index in [0.29, 0.717) is 10.1 Å². The van der Waals surface area contributed by atoms with Crippen LogP contribution >= 0.6 is 11.3 Å². The lowest BCUT2D eigenvalue weighted by atomic mass is 10.3. The van der Waals surface area contributed by atoms with Crippen LogP contribution in [0.1, 0.15) is 16.7 Å². The highest BCUT2D eigenvalue weighted by Gasteiger charge is 2.18. The number of nitrogens with one attached hydrogen (secondary N) is 1. The third-order valence-corrected chi connectivity index (χ3v) is 3.57. The van der Waals surface area contributed by atoms with Crippen molar-refractivity contribution in [3.8, 4) is 5.75 Å². The molecular weight excluding hydrogens is 276 g/mol. The minimum Gasteiger partial charge on any atom is -0.497 e. The summed E-state index contributed by atoms with van der Waals surface area (Å²) in [6.45, 7) is 2.71. The summed E-state index contributed by atoms with van der Waals surface area (Å²) in [7, 11) is 3.31. The van der Waals surface area contributed by atoms with Crippen molar-refractivity contribution in [3.05, 3.63) is 29.3 Å². The van der Waals surface area contributed by atoms with Crippen molar-refractivity contribution in [1.82, 2.24) is 10.2 Å². The maximum atomic E-state index is 12.3. The standard InChI is InChI=1S/C13H16N4O2S/c1-4-14-13-16-15-11(20-13)12(18)17(2)9-5-7-10(19-3)8-6-9/h5-8H,4H2,1-3H3,(H,14,16). The molecule has 0 saturated carbocycles. The smallest absolute Gasteiger partial charge is 0.289 e. The number of amides is 1. The zero-order chi connectivity index (χ0) is 14.5. The predicted octanol–water partition coefficient (Wildman–Crippen LogP) is 2.26. The van der Waals surface area contributed by atoms with Gasteiger partial charge in [-0.3, -0.25) is 4.79 Å². The molecule has 0 aliphatic carbocycles. The summed E-state index contributed by atoms with van der Waals surface area (Å²) in [5, 5.41) is 11.9. The summed E-state index contributed by atoms with van der Waals surface area (Å²) in [6.07, 6.45) is 0. The molecule has 2 aromatic rings. The Bertz CT molecular complexity index is 582. The van der Waals surface area contributed by atoms with Gasteiger partial charge in [0.15, 0.2) is 0 Å². The van der Waals surface area contributed by atoms with Crippen LogP contribution in [0.25, 0.3) is 0 Å². The third-order valence-electron chi connectivity index (χ3n) is 2.70. The van der Waals surface area contributed by atoms with Gasteiger partial charge in [0.1, 0.15) is 5.75 Å². The van der Waals surface area contributed by atoms with E-state index in [4.69, 9.17) is 4.74 Å². The molecule has 0 atom stereocenters. The molecule has 1 aromatic heterocycles. The van der Waals surface area contributed by atoms with E-state index in [1.165, 1.54) is 16.2 Å². The number of methoxy groups -OCH3 is 1. The summed E-state index contributed by atoms with van der Waals surface area (Å²) in [4.78, 5) is 13.8. The van der Waals surface area contributed by atoms with Crippen LogP contribution in [0.15, 0.2) is 24.3 Å². The molecule has 0 spiro atoms. The van der Waals surface area contributed by atoms with E-state index in [1.807, 2.05) is 31.2 Å². The summed E-state index contributed by atoms with van der Waals surface area (Å²) < 4.78 is 5.09. The maximum absolute atomic E-state index is 12.3. The average molecular weight is 292 g/mol. The van der Waals surface area contributed by atoms with Crippen molar-refractivity contribution in [1.29, 1.82) is 0 Å². The Kier molecular flexibility index (Phi) is 4.52. The second-order valence-electron chi connectivity index (χ2n) is 4.00. The molecule has 0 fully saturated rings. The molecule has 0 saturated heterocycles. The molecule has 20 heavy (non-hydrogen) atoms. The van der Waals surface area contributed by atoms with Crippen LogP contribution in [0.4, 0.5) is 10.8 Å². The minimum atomic E-state index is -0.184. The number of carbonyl (C=O) groups excluding carboxylic acids is 1. The third kappa shape index (κ3) is 3.05. The molecule has 2 rings (SSSR count). The van der Waals surface area contributed by atoms with Gasteiger partial charge in [-0.15, -0.1) is 10.2 Å². The second kappa shape index (κ2) is 6.33. The number of anilines is 2. The van der Waals surface area contributed by atoms with Crippen molar-refractivity contribution in [2.75, 3.05) is 30.9 Å². The fourth-order valence-electron chi connectivity index (χ4n) is 1.60. The summed E-state index contributed by atoms with van der Waals surface area (Å²) in [6, 6.07) is 7.26. The Morgan fingerprint density at radius 2 is 2.05 bits per heavy atom. The summed E-state index contributed by atoms with van der Waals surface area (Å²) in [5.74, 6) is 0.566. The fraction of sp³-hybridized carbons (Fsp3) is 0.308. The fourth-order valence-corrected chi connectivity index (χ4v) is 2.39. The quantitative estimate of drug-likeness (QED) is 0.915. The Balaban J connectivity index is 2.13. The van der Waals surface area contributed by atoms with Crippen LogP contribution in [-0.2, 0) is 0 Å². The van der Waals surface area contributed by atoms with Crippen LogP contribution < -0.4 is 15.0 Å². The van der Waals surface area contributed by atoms with Gasteiger partial charge in [-0.05, 0) is 31.2 Å². The zero-order valence-electron chi connectivity index (χ0n) is 11.6. The molecule has 1 N–H and O–H groups in total. The number of nitrogens with zero attached hydrogens (tertiary/aromatic N) is 3. The SMILES string of the molecule is CCNc1nnc(C(=O)N(C)c2ccc(OC)cc2)s1. The van der Waals surface area contributed by atoms with E-state index < -0.39 is 0 Å². The van der Waals surface area contributed by atoms with Crippen molar-refractivity contribution >= 4 is 28.1 Å². The predicted molar refractivity (Wildman–Crippen MR) is 79.8 cm³/mol. The van der Waals surface area contributed by atoms with Gasteiger partial charge in [-0.1, -0.05) is 11.3 Å². The van der Waals surface area contributed by atoms with Crippen LogP contribution in [-0.4, -0.2) is 36.8 Å². The van der Waals surface area contributed by atoms with Crippen molar-refractivity contribution in [2.45, 2.75) is 6.92 Å². The van der Waals surface area contributed by atoms with Gasteiger partial charge in [0.05, 0.1) is 7.11 Å². The van der Waals surface area contributed by atoms with Crippen molar-refractivity contribution in [2.24, 2.45) is 0 Å². The molecule has 0 aliphatic heterocycles. The topological polar surface area (TPSA) is 67.4 Å². The molecule has 106 valence electrons. The lowest BCUT2D eigenvalue weighted by Gasteiger charge is -2.15. The Morgan fingerprint density at radius 1 is 1.35 bits per heavy atom. The van der Waals surface area contributed by atoms with E-state index in [-0.39, 0.29) is 5.91 Å². The van der Waals surface area contributed by atoms with E-state index in [0.717, 1.165) is 18.0 Å². The second-order valence-corrected chi connectivity index (χ2v) is 4.98. The molecule has 1 heterocycles. The molecule has 1 aromatic carbocycles. The Hall–Kier alpha value is -2.15. The van der Waals surface area contributed by atoms with Gasteiger partial charge in [0.25, 0.3) is 5.91 Å². The highest BCUT2D eigenvalue weighted by atomic mass is 32.1. The van der Waals surface area contributed by atoms with Crippen molar-refractivity contribution < 1.29 is 9.53 Å². The summed E-state index contributed by atoms with van der Waals surface area (Å²) in [5.41, 5.74) is 0.774. The maximum Gasteiger partial charge on any atom is 0.289 e. The molecule has 6 nitrogen and oxygen atoms in total. The molecule has 0 unspecified atom stereocenters. The van der Waals surface area contributed by atoms with Gasteiger partial charge in [-0.2, -0.15) is 0 Å². The van der Waals surface area contributed by atoms with Gasteiger partial charge in [-0.25, -0.2) is 0 Å². The molecule has 0 bridgehead atoms. The van der Waals surface area contributed by atoms with E-state index in [1.54, 1.807) is 14.2 Å². The highest BCUT2D eigenvalue weighted by Crippen LogP contribution is 2.22. The number of rotatable bonds is 5. The lowest BCUT2D eigenvalue weighted by Crippen LogP contribution is -2.26. The van der Waals surface area contributed by atoms with Gasteiger partial charge in [0, 0.05) is 19.3 Å². The van der Waals surface area contributed by atoms with E-state index in [9.17, 15) is 4.79 Å². The monoisotopic (exact) mass is 292 g/mol. The van der Waals surface area contributed by atoms with Gasteiger partial charge >= 0.3 is 0 Å². The van der Waals surface area contributed by atoms with Crippen LogP contribution in [0.2, 0.25) is 0 Å². The number of carbonyl (C=O) groups is 1. The molecule has 7 heteroatoms. The number of aromatic nitrogens is 2. The average Bonchev–Trinajstić information content (AvgIpc) is 2.95. The van der Waals surface area contributed by atoms with Gasteiger partial charge in [0.2, 0.25) is 10.1 Å². The van der Waals surface area contributed by atoms with Crippen molar-refractivity contribution in [3.63, 3.8) is 0 Å². The van der Waals surface area contributed by atoms with E-state index >= 15 is 0 Å². The number of ether oxygens (including phenoxy) is 1. The summed E-state index contributed by atoms with van der Waals surface area (Å²) >= 11 is 1.25. The first kappa shape index (κ1) is 14.3. The first-order valence-corrected chi connectivity index (χ1v) is 6.96. The molecule has 0 aliphatic rings. The minimum absolute atomic E-state index is 0.184. The number of hydrogen-bond donors (Lipinski definition) is 1. The van der Waals surface area contributed by atoms with E-state index in [2.05, 4.69) is 15.5 Å². The van der Waals surface area contributed by atoms with Crippen LogP contribution in [0, 0.1) is 0 Å². The van der Waals surface area contributed by atoms with Gasteiger partial charge < -0.3 is 15.0 Å². The first-order valence-electron chi connectivity index (χ1n) is 6.15. The van der Waals surface area contributed by atoms with Crippen LogP contribution in [0.3, 0.4) is 0 Å². The molecule has 0 radical (unpaired) electrons. The molecular formula is C13H16N4O2S. The first-order chi connectivity index (χ1) is 9.65. The van der Waals surface area contributed by atoms with Crippen LogP contribution in [0.5, 0.6) is 5.75 Å². The normalized spacial score (nSPS) is 10.2. The zero-order valence-corrected chi connectivity index (χ0v) is 12.4. The Labute approximate surface area is 121 Å². The highest BCUT2D eigenvalue weighted by molar-refractivity contribution is 7.17. The largest absolute Gasteiger partial charge is 0.497 e. The Morgan fingerprint density at radius 3 is 2.65 bits per heavy atom. The lowest BCUT2D eigenvalue weighted by molar-refractivity contribution is 0.0992.